The van der Waals surface area contributed by atoms with E-state index in [4.69, 9.17) is 11.6 Å². The summed E-state index contributed by atoms with van der Waals surface area (Å²) in [6.07, 6.45) is 6.42. The van der Waals surface area contributed by atoms with Crippen LogP contribution in [0.15, 0.2) is 55.0 Å². The largest absolute Gasteiger partial charge is 0.321 e. The number of aryl methyl sites for hydroxylation is 2. The van der Waals surface area contributed by atoms with Gasteiger partial charge >= 0.3 is 0 Å². The summed E-state index contributed by atoms with van der Waals surface area (Å²) in [6, 6.07) is 11.5. The van der Waals surface area contributed by atoms with E-state index in [-0.39, 0.29) is 5.91 Å². The minimum atomic E-state index is -0.276. The van der Waals surface area contributed by atoms with Gasteiger partial charge in [-0.2, -0.15) is 5.10 Å². The summed E-state index contributed by atoms with van der Waals surface area (Å²) < 4.78 is 3.46. The van der Waals surface area contributed by atoms with Gasteiger partial charge in [0.25, 0.3) is 0 Å². The first-order valence-corrected chi connectivity index (χ1v) is 8.97. The van der Waals surface area contributed by atoms with Gasteiger partial charge in [0.05, 0.1) is 28.6 Å². The number of amides is 1. The Morgan fingerprint density at radius 2 is 2.00 bits per heavy atom. The molecule has 0 fully saturated rings. The minimum absolute atomic E-state index is 0.276. The number of imidazole rings is 1. The summed E-state index contributed by atoms with van der Waals surface area (Å²) in [5.41, 5.74) is 3.95. The van der Waals surface area contributed by atoms with E-state index in [0.29, 0.717) is 10.8 Å². The predicted octanol–water partition coefficient (Wildman–Crippen LogP) is 3.77. The van der Waals surface area contributed by atoms with Gasteiger partial charge < -0.3 is 5.32 Å². The Balaban J connectivity index is 1.48. The van der Waals surface area contributed by atoms with E-state index in [1.807, 2.05) is 41.8 Å². The van der Waals surface area contributed by atoms with E-state index in [1.165, 1.54) is 6.08 Å². The van der Waals surface area contributed by atoms with Gasteiger partial charge in [-0.1, -0.05) is 23.7 Å². The van der Waals surface area contributed by atoms with Gasteiger partial charge in [-0.25, -0.2) is 9.97 Å². The van der Waals surface area contributed by atoms with Gasteiger partial charge in [0.1, 0.15) is 17.3 Å². The molecule has 0 aliphatic rings. The quantitative estimate of drug-likeness (QED) is 0.536. The average Bonchev–Trinajstić information content (AvgIpc) is 3.22. The zero-order valence-electron chi connectivity index (χ0n) is 15.3. The number of anilines is 1. The monoisotopic (exact) mass is 392 g/mol. The number of pyridine rings is 1. The van der Waals surface area contributed by atoms with E-state index >= 15 is 0 Å². The van der Waals surface area contributed by atoms with E-state index in [2.05, 4.69) is 20.4 Å². The highest BCUT2D eigenvalue weighted by atomic mass is 35.5. The number of carbonyl (C=O) groups is 1. The van der Waals surface area contributed by atoms with Crippen LogP contribution in [-0.4, -0.2) is 30.2 Å². The van der Waals surface area contributed by atoms with Crippen LogP contribution in [0.25, 0.3) is 22.9 Å². The molecule has 28 heavy (non-hydrogen) atoms. The molecule has 0 aliphatic carbocycles. The number of halogens is 1. The zero-order valence-corrected chi connectivity index (χ0v) is 16.1. The molecule has 0 unspecified atom stereocenters. The first kappa shape index (κ1) is 17.9. The fourth-order valence-electron chi connectivity index (χ4n) is 2.92. The predicted molar refractivity (Wildman–Crippen MR) is 109 cm³/mol. The number of nitrogens with one attached hydrogen (secondary N) is 1. The first-order chi connectivity index (χ1) is 13.5. The number of carbonyl (C=O) groups excluding carboxylic acids is 1. The van der Waals surface area contributed by atoms with Crippen LogP contribution in [0.3, 0.4) is 0 Å². The highest BCUT2D eigenvalue weighted by Crippen LogP contribution is 2.20. The van der Waals surface area contributed by atoms with Crippen molar-refractivity contribution in [2.24, 2.45) is 7.05 Å². The summed E-state index contributed by atoms with van der Waals surface area (Å²) >= 11 is 6.17. The van der Waals surface area contributed by atoms with E-state index < -0.39 is 0 Å². The number of hydrogen-bond donors (Lipinski definition) is 1. The standard InChI is InChI=1S/C20H17ClN6O/c1-13-15(20(21)26(2)25-13)8-10-19(28)24-14-7-9-18(22-11-14)27-12-23-16-5-3-4-6-17(16)27/h3-12H,1-2H3,(H,24,28)/b10-8+. The second kappa shape index (κ2) is 7.28. The van der Waals surface area contributed by atoms with Crippen LogP contribution < -0.4 is 5.32 Å². The van der Waals surface area contributed by atoms with E-state index in [9.17, 15) is 4.79 Å². The summed E-state index contributed by atoms with van der Waals surface area (Å²) in [5.74, 6) is 0.446. The fourth-order valence-corrected chi connectivity index (χ4v) is 3.16. The third-order valence-electron chi connectivity index (χ3n) is 4.31. The van der Waals surface area contributed by atoms with Gasteiger partial charge in [-0.3, -0.25) is 14.0 Å². The van der Waals surface area contributed by atoms with Gasteiger partial charge in [0, 0.05) is 18.7 Å². The SMILES string of the molecule is Cc1nn(C)c(Cl)c1/C=C/C(=O)Nc1ccc(-n2cnc3ccccc32)nc1. The fraction of sp³-hybridized carbons (Fsp3) is 0.100. The highest BCUT2D eigenvalue weighted by Gasteiger charge is 2.09. The van der Waals surface area contributed by atoms with Crippen molar-refractivity contribution in [3.63, 3.8) is 0 Å². The lowest BCUT2D eigenvalue weighted by Crippen LogP contribution is -2.08. The molecular formula is C20H17ClN6O. The van der Waals surface area contributed by atoms with Gasteiger partial charge in [0.15, 0.2) is 0 Å². The molecular weight excluding hydrogens is 376 g/mol. The molecule has 3 heterocycles. The van der Waals surface area contributed by atoms with Crippen LogP contribution in [0.2, 0.25) is 5.15 Å². The van der Waals surface area contributed by atoms with Crippen LogP contribution in [0.1, 0.15) is 11.3 Å². The lowest BCUT2D eigenvalue weighted by Gasteiger charge is -2.05. The number of hydrogen-bond acceptors (Lipinski definition) is 4. The van der Waals surface area contributed by atoms with Crippen LogP contribution in [0, 0.1) is 6.92 Å². The van der Waals surface area contributed by atoms with Crippen molar-refractivity contribution in [1.82, 2.24) is 24.3 Å². The Morgan fingerprint density at radius 3 is 2.71 bits per heavy atom. The molecule has 0 spiro atoms. The average molecular weight is 393 g/mol. The van der Waals surface area contributed by atoms with Crippen molar-refractivity contribution in [3.05, 3.63) is 71.4 Å². The Bertz CT molecular complexity index is 1190. The van der Waals surface area contributed by atoms with Crippen LogP contribution in [0.5, 0.6) is 0 Å². The summed E-state index contributed by atoms with van der Waals surface area (Å²) in [6.45, 7) is 1.84. The van der Waals surface area contributed by atoms with Crippen molar-refractivity contribution in [3.8, 4) is 5.82 Å². The van der Waals surface area contributed by atoms with Crippen molar-refractivity contribution in [2.45, 2.75) is 6.92 Å². The number of para-hydroxylation sites is 2. The second-order valence-corrected chi connectivity index (χ2v) is 6.60. The van der Waals surface area contributed by atoms with Crippen molar-refractivity contribution in [1.29, 1.82) is 0 Å². The molecule has 8 heteroatoms. The first-order valence-electron chi connectivity index (χ1n) is 8.59. The Morgan fingerprint density at radius 1 is 1.18 bits per heavy atom. The Labute approximate surface area is 166 Å². The number of nitrogens with zero attached hydrogens (tertiary/aromatic N) is 5. The van der Waals surface area contributed by atoms with Gasteiger partial charge in [0.2, 0.25) is 5.91 Å². The normalized spacial score (nSPS) is 11.4. The molecule has 4 rings (SSSR count). The maximum Gasteiger partial charge on any atom is 0.248 e. The molecule has 1 amide bonds. The zero-order chi connectivity index (χ0) is 19.7. The maximum atomic E-state index is 12.2. The Kier molecular flexibility index (Phi) is 4.67. The van der Waals surface area contributed by atoms with E-state index in [1.54, 1.807) is 36.4 Å². The Hall–Kier alpha value is -3.45. The number of benzene rings is 1. The summed E-state index contributed by atoms with van der Waals surface area (Å²) in [4.78, 5) is 21.0. The lowest BCUT2D eigenvalue weighted by atomic mass is 10.2. The molecule has 7 nitrogen and oxygen atoms in total. The molecule has 0 aliphatic heterocycles. The van der Waals surface area contributed by atoms with Crippen molar-refractivity contribution >= 4 is 40.3 Å². The summed E-state index contributed by atoms with van der Waals surface area (Å²) in [5, 5.41) is 7.48. The molecule has 1 N–H and O–H groups in total. The highest BCUT2D eigenvalue weighted by molar-refractivity contribution is 6.31. The van der Waals surface area contributed by atoms with Gasteiger partial charge in [-0.05, 0) is 37.3 Å². The van der Waals surface area contributed by atoms with Crippen molar-refractivity contribution in [2.75, 3.05) is 5.32 Å². The molecule has 140 valence electrons. The molecule has 1 aromatic carbocycles. The smallest absolute Gasteiger partial charge is 0.248 e. The number of fused-ring (bicyclic) bond motifs is 1. The number of aromatic nitrogens is 5. The maximum absolute atomic E-state index is 12.2. The molecule has 3 aromatic heterocycles. The lowest BCUT2D eigenvalue weighted by molar-refractivity contribution is -0.111. The summed E-state index contributed by atoms with van der Waals surface area (Å²) in [7, 11) is 1.75. The van der Waals surface area contributed by atoms with Crippen molar-refractivity contribution < 1.29 is 4.79 Å². The third-order valence-corrected chi connectivity index (χ3v) is 4.76. The second-order valence-electron chi connectivity index (χ2n) is 6.24. The van der Waals surface area contributed by atoms with Crippen LogP contribution in [0.4, 0.5) is 5.69 Å². The third kappa shape index (κ3) is 3.39. The molecule has 0 radical (unpaired) electrons. The molecule has 0 saturated heterocycles. The molecule has 0 atom stereocenters. The van der Waals surface area contributed by atoms with Crippen LogP contribution >= 0.6 is 11.6 Å². The molecule has 4 aromatic rings. The molecule has 0 bridgehead atoms. The van der Waals surface area contributed by atoms with Gasteiger partial charge in [-0.15, -0.1) is 0 Å². The number of rotatable bonds is 4. The van der Waals surface area contributed by atoms with Crippen LogP contribution in [-0.2, 0) is 11.8 Å². The molecule has 0 saturated carbocycles. The minimum Gasteiger partial charge on any atom is -0.321 e. The van der Waals surface area contributed by atoms with E-state index in [0.717, 1.165) is 28.1 Å². The topological polar surface area (TPSA) is 77.6 Å².